The second-order valence-electron chi connectivity index (χ2n) is 10.7. The van der Waals surface area contributed by atoms with Crippen LogP contribution in [-0.4, -0.2) is 30.7 Å². The molecular formula is C23H36N2O2. The van der Waals surface area contributed by atoms with Crippen LogP contribution >= 0.6 is 0 Å². The fourth-order valence-electron chi connectivity index (χ4n) is 7.78. The molecule has 150 valence electrons. The average molecular weight is 373 g/mol. The van der Waals surface area contributed by atoms with Gasteiger partial charge in [-0.2, -0.15) is 0 Å². The van der Waals surface area contributed by atoms with E-state index in [4.69, 9.17) is 4.84 Å². The van der Waals surface area contributed by atoms with Crippen molar-refractivity contribution in [2.75, 3.05) is 13.1 Å². The number of oxime groups is 1. The minimum atomic E-state index is 0.00874. The zero-order valence-corrected chi connectivity index (χ0v) is 17.1. The van der Waals surface area contributed by atoms with E-state index in [1.807, 2.05) is 0 Å². The molecule has 1 aliphatic heterocycles. The molecule has 4 aliphatic carbocycles. The summed E-state index contributed by atoms with van der Waals surface area (Å²) in [5.74, 6) is 3.60. The van der Waals surface area contributed by atoms with Gasteiger partial charge in [0.1, 0.15) is 11.9 Å². The zero-order valence-electron chi connectivity index (χ0n) is 17.1. The van der Waals surface area contributed by atoms with Gasteiger partial charge in [-0.3, -0.25) is 4.79 Å². The van der Waals surface area contributed by atoms with Crippen molar-refractivity contribution < 1.29 is 9.63 Å². The van der Waals surface area contributed by atoms with Gasteiger partial charge in [-0.05, 0) is 87.0 Å². The van der Waals surface area contributed by atoms with Crippen molar-refractivity contribution in [3.63, 3.8) is 0 Å². The topological polar surface area (TPSA) is 50.7 Å². The third-order valence-electron chi connectivity index (χ3n) is 9.55. The molecule has 0 aromatic heterocycles. The van der Waals surface area contributed by atoms with Crippen LogP contribution in [0.25, 0.3) is 0 Å². The molecular weight excluding hydrogens is 336 g/mol. The number of hydrogen-bond acceptors (Lipinski definition) is 4. The third-order valence-corrected chi connectivity index (χ3v) is 9.55. The number of nitrogens with zero attached hydrogens (tertiary/aromatic N) is 1. The molecule has 4 nitrogen and oxygen atoms in total. The number of hydrogen-bond donors (Lipinski definition) is 1. The Morgan fingerprint density at radius 2 is 1.93 bits per heavy atom. The number of carbonyl (C=O) groups is 1. The molecule has 0 radical (unpaired) electrons. The summed E-state index contributed by atoms with van der Waals surface area (Å²) in [4.78, 5) is 18.4. The van der Waals surface area contributed by atoms with Crippen molar-refractivity contribution in [3.05, 3.63) is 0 Å². The molecule has 27 heavy (non-hydrogen) atoms. The average Bonchev–Trinajstić information content (AvgIpc) is 3.28. The summed E-state index contributed by atoms with van der Waals surface area (Å²) in [6.07, 6.45) is 11.9. The smallest absolute Gasteiger partial charge is 0.141 e. The molecule has 5 fully saturated rings. The predicted octanol–water partition coefficient (Wildman–Crippen LogP) is 4.33. The minimum absolute atomic E-state index is 0.00874. The van der Waals surface area contributed by atoms with Crippen LogP contribution in [0.5, 0.6) is 0 Å². The van der Waals surface area contributed by atoms with Crippen LogP contribution < -0.4 is 5.32 Å². The Morgan fingerprint density at radius 1 is 1.04 bits per heavy atom. The molecule has 0 aromatic carbocycles. The number of nitrogens with one attached hydrogen (secondary N) is 1. The van der Waals surface area contributed by atoms with Gasteiger partial charge in [0, 0.05) is 24.8 Å². The summed E-state index contributed by atoms with van der Waals surface area (Å²) in [6, 6.07) is 0. The first-order chi connectivity index (χ1) is 13.0. The lowest BCUT2D eigenvalue weighted by molar-refractivity contribution is -0.137. The largest absolute Gasteiger partial charge is 0.391 e. The first-order valence-corrected chi connectivity index (χ1v) is 11.5. The Labute approximate surface area is 163 Å². The van der Waals surface area contributed by atoms with Gasteiger partial charge in [-0.1, -0.05) is 19.0 Å². The molecule has 5 aliphatic rings. The molecule has 7 atom stereocenters. The Balaban J connectivity index is 1.30. The van der Waals surface area contributed by atoms with E-state index in [0.29, 0.717) is 17.1 Å². The fraction of sp³-hybridized carbons (Fsp3) is 0.913. The third kappa shape index (κ3) is 2.81. The lowest BCUT2D eigenvalue weighted by Crippen LogP contribution is -2.53. The van der Waals surface area contributed by atoms with E-state index in [2.05, 4.69) is 24.3 Å². The maximum absolute atomic E-state index is 12.6. The molecule has 1 heterocycles. The molecule has 4 unspecified atom stereocenters. The molecule has 1 N–H and O–H groups in total. The fourth-order valence-corrected chi connectivity index (χ4v) is 7.78. The van der Waals surface area contributed by atoms with Crippen LogP contribution in [0.4, 0.5) is 0 Å². The number of Topliss-reactive ketones (excluding diaryl/α,β-unsaturated/α-hetero) is 1. The van der Waals surface area contributed by atoms with Gasteiger partial charge in [-0.15, -0.1) is 0 Å². The summed E-state index contributed by atoms with van der Waals surface area (Å²) in [6.45, 7) is 6.87. The van der Waals surface area contributed by atoms with E-state index < -0.39 is 0 Å². The van der Waals surface area contributed by atoms with E-state index >= 15 is 0 Å². The van der Waals surface area contributed by atoms with Gasteiger partial charge in [0.15, 0.2) is 0 Å². The van der Waals surface area contributed by atoms with Gasteiger partial charge in [0.25, 0.3) is 0 Å². The predicted molar refractivity (Wildman–Crippen MR) is 107 cm³/mol. The van der Waals surface area contributed by atoms with Crippen molar-refractivity contribution in [2.45, 2.75) is 84.2 Å². The number of ketones is 1. The second-order valence-corrected chi connectivity index (χ2v) is 10.7. The number of fused-ring (bicyclic) bond motifs is 5. The maximum atomic E-state index is 12.6. The molecule has 0 bridgehead atoms. The van der Waals surface area contributed by atoms with Gasteiger partial charge in [0.2, 0.25) is 0 Å². The van der Waals surface area contributed by atoms with E-state index in [1.165, 1.54) is 31.4 Å². The number of carbonyl (C=O) groups excluding carboxylic acids is 1. The summed E-state index contributed by atoms with van der Waals surface area (Å²) < 4.78 is 0. The highest BCUT2D eigenvalue weighted by atomic mass is 16.6. The number of rotatable bonds is 2. The Kier molecular flexibility index (Phi) is 4.42. The van der Waals surface area contributed by atoms with Crippen molar-refractivity contribution in [1.82, 2.24) is 5.32 Å². The van der Waals surface area contributed by atoms with Gasteiger partial charge >= 0.3 is 0 Å². The van der Waals surface area contributed by atoms with Crippen molar-refractivity contribution in [3.8, 4) is 0 Å². The SMILES string of the molecule is C[C@]12CCC3C(CC[C@H]4C/C(=N\OC5CCNC5)CC[C@]34C)C1CCC2=O. The molecule has 0 amide bonds. The normalized spacial score (nSPS) is 51.0. The first kappa shape index (κ1) is 18.1. The van der Waals surface area contributed by atoms with Crippen LogP contribution in [0.3, 0.4) is 0 Å². The second kappa shape index (κ2) is 6.57. The van der Waals surface area contributed by atoms with Crippen LogP contribution in [0, 0.1) is 34.5 Å². The highest BCUT2D eigenvalue weighted by Gasteiger charge is 2.60. The van der Waals surface area contributed by atoms with E-state index in [-0.39, 0.29) is 11.5 Å². The Hall–Kier alpha value is -0.900. The zero-order chi connectivity index (χ0) is 18.6. The maximum Gasteiger partial charge on any atom is 0.141 e. The van der Waals surface area contributed by atoms with Crippen LogP contribution in [0.15, 0.2) is 5.16 Å². The lowest BCUT2D eigenvalue weighted by atomic mass is 9.45. The van der Waals surface area contributed by atoms with Crippen LogP contribution in [0.2, 0.25) is 0 Å². The quantitative estimate of drug-likeness (QED) is 0.734. The summed E-state index contributed by atoms with van der Waals surface area (Å²) >= 11 is 0. The Bertz CT molecular complexity index is 640. The van der Waals surface area contributed by atoms with Crippen molar-refractivity contribution in [2.24, 2.45) is 39.7 Å². The molecule has 4 heteroatoms. The lowest BCUT2D eigenvalue weighted by Gasteiger charge is -2.59. The summed E-state index contributed by atoms with van der Waals surface area (Å²) in [5, 5.41) is 7.95. The van der Waals surface area contributed by atoms with Crippen molar-refractivity contribution in [1.29, 1.82) is 0 Å². The highest BCUT2D eigenvalue weighted by Crippen LogP contribution is 2.65. The highest BCUT2D eigenvalue weighted by molar-refractivity contribution is 5.87. The molecule has 0 aromatic rings. The molecule has 5 rings (SSSR count). The molecule has 0 spiro atoms. The van der Waals surface area contributed by atoms with Crippen LogP contribution in [0.1, 0.15) is 78.1 Å². The van der Waals surface area contributed by atoms with Gasteiger partial charge in [0.05, 0.1) is 5.71 Å². The standard InChI is InChI=1S/C23H36N2O2/c1-22-10-7-16(25-27-17-9-12-24-14-17)13-15(22)3-4-18-19-5-6-21(26)23(19,2)11-8-20(18)22/h15,17-20,24H,3-14H2,1-2H3/b25-16-/t15-,17?,18?,19?,20?,22-,23-/m0/s1. The van der Waals surface area contributed by atoms with Crippen molar-refractivity contribution >= 4 is 11.5 Å². The molecule has 4 saturated carbocycles. The monoisotopic (exact) mass is 372 g/mol. The van der Waals surface area contributed by atoms with Crippen LogP contribution in [-0.2, 0) is 9.63 Å². The van der Waals surface area contributed by atoms with E-state index in [0.717, 1.165) is 69.4 Å². The first-order valence-electron chi connectivity index (χ1n) is 11.5. The van der Waals surface area contributed by atoms with E-state index in [9.17, 15) is 4.79 Å². The Morgan fingerprint density at radius 3 is 2.74 bits per heavy atom. The van der Waals surface area contributed by atoms with E-state index in [1.54, 1.807) is 0 Å². The summed E-state index contributed by atoms with van der Waals surface area (Å²) in [7, 11) is 0. The summed E-state index contributed by atoms with van der Waals surface area (Å²) in [5.41, 5.74) is 1.76. The minimum Gasteiger partial charge on any atom is -0.391 e. The molecule has 1 saturated heterocycles. The van der Waals surface area contributed by atoms with Gasteiger partial charge < -0.3 is 10.2 Å². The van der Waals surface area contributed by atoms with Gasteiger partial charge in [-0.25, -0.2) is 0 Å².